The number of aliphatic hydroxyl groups is 1. The summed E-state index contributed by atoms with van der Waals surface area (Å²) in [6.07, 6.45) is 1.44. The Morgan fingerprint density at radius 2 is 2.28 bits per heavy atom. The highest BCUT2D eigenvalue weighted by molar-refractivity contribution is 5.29. The number of rotatable bonds is 5. The van der Waals surface area contributed by atoms with Gasteiger partial charge in [0.15, 0.2) is 17.4 Å². The summed E-state index contributed by atoms with van der Waals surface area (Å²) >= 11 is 0. The van der Waals surface area contributed by atoms with E-state index < -0.39 is 5.82 Å². The van der Waals surface area contributed by atoms with Gasteiger partial charge in [-0.2, -0.15) is 5.10 Å². The topological polar surface area (TPSA) is 60.2 Å². The number of aliphatic hydroxyl groups excluding tert-OH is 1. The van der Waals surface area contributed by atoms with Crippen LogP contribution in [-0.2, 0) is 19.8 Å². The third kappa shape index (κ3) is 2.65. The van der Waals surface area contributed by atoms with Crippen LogP contribution >= 0.6 is 0 Å². The number of aromatic nitrogens is 3. The first-order valence-corrected chi connectivity index (χ1v) is 5.63. The fraction of sp³-hybridized carbons (Fsp3) is 0.333. The van der Waals surface area contributed by atoms with Crippen molar-refractivity contribution < 1.29 is 14.2 Å². The number of hydrogen-bond acceptors (Lipinski definition) is 4. The molecule has 0 aliphatic heterocycles. The maximum absolute atomic E-state index is 13.6. The smallest absolute Gasteiger partial charge is 0.165 e. The summed E-state index contributed by atoms with van der Waals surface area (Å²) in [5, 5.41) is 12.9. The lowest BCUT2D eigenvalue weighted by Gasteiger charge is -2.08. The van der Waals surface area contributed by atoms with E-state index >= 15 is 0 Å². The summed E-state index contributed by atoms with van der Waals surface area (Å²) in [5.41, 5.74) is 0.511. The molecule has 1 heterocycles. The summed E-state index contributed by atoms with van der Waals surface area (Å²) < 4.78 is 20.6. The second-order valence-corrected chi connectivity index (χ2v) is 3.70. The van der Waals surface area contributed by atoms with E-state index in [-0.39, 0.29) is 19.0 Å². The van der Waals surface area contributed by atoms with Gasteiger partial charge in [-0.05, 0) is 24.6 Å². The molecule has 2 rings (SSSR count). The molecular formula is C12H14FN3O2. The molecule has 1 N–H and O–H groups in total. The van der Waals surface area contributed by atoms with Gasteiger partial charge in [0.2, 0.25) is 0 Å². The first-order valence-electron chi connectivity index (χ1n) is 5.63. The Morgan fingerprint density at radius 3 is 2.94 bits per heavy atom. The third-order valence-corrected chi connectivity index (χ3v) is 2.53. The zero-order valence-corrected chi connectivity index (χ0v) is 10.0. The fourth-order valence-corrected chi connectivity index (χ4v) is 1.57. The molecule has 1 aromatic heterocycles. The molecule has 0 amide bonds. The SMILES string of the molecule is CCn1ncnc1COc1ccc(CO)cc1F. The van der Waals surface area contributed by atoms with Gasteiger partial charge in [-0.1, -0.05) is 6.07 Å². The lowest BCUT2D eigenvalue weighted by molar-refractivity contribution is 0.269. The molecule has 6 heteroatoms. The second-order valence-electron chi connectivity index (χ2n) is 3.70. The maximum Gasteiger partial charge on any atom is 0.165 e. The quantitative estimate of drug-likeness (QED) is 0.875. The number of aryl methyl sites for hydroxylation is 1. The Bertz CT molecular complexity index is 528. The molecule has 0 aliphatic carbocycles. The van der Waals surface area contributed by atoms with E-state index in [0.29, 0.717) is 17.9 Å². The summed E-state index contributed by atoms with van der Waals surface area (Å²) in [4.78, 5) is 4.03. The van der Waals surface area contributed by atoms with Crippen LogP contribution in [0.15, 0.2) is 24.5 Å². The molecule has 0 saturated carbocycles. The highest BCUT2D eigenvalue weighted by atomic mass is 19.1. The molecule has 2 aromatic rings. The van der Waals surface area contributed by atoms with Crippen LogP contribution in [0.5, 0.6) is 5.75 Å². The molecule has 0 fully saturated rings. The number of ether oxygens (including phenoxy) is 1. The summed E-state index contributed by atoms with van der Waals surface area (Å²) in [6, 6.07) is 4.36. The first-order chi connectivity index (χ1) is 8.74. The monoisotopic (exact) mass is 251 g/mol. The summed E-state index contributed by atoms with van der Waals surface area (Å²) in [5.74, 6) is 0.283. The van der Waals surface area contributed by atoms with E-state index in [0.717, 1.165) is 0 Å². The molecule has 96 valence electrons. The van der Waals surface area contributed by atoms with Gasteiger partial charge in [-0.3, -0.25) is 0 Å². The van der Waals surface area contributed by atoms with E-state index in [1.807, 2.05) is 6.92 Å². The summed E-state index contributed by atoms with van der Waals surface area (Å²) in [7, 11) is 0. The highest BCUT2D eigenvalue weighted by Crippen LogP contribution is 2.19. The Morgan fingerprint density at radius 1 is 1.44 bits per heavy atom. The Balaban J connectivity index is 2.06. The van der Waals surface area contributed by atoms with Crippen molar-refractivity contribution in [2.45, 2.75) is 26.7 Å². The van der Waals surface area contributed by atoms with Crippen LogP contribution in [0.25, 0.3) is 0 Å². The van der Waals surface area contributed by atoms with E-state index in [2.05, 4.69) is 10.1 Å². The van der Waals surface area contributed by atoms with Crippen LogP contribution < -0.4 is 4.74 Å². The van der Waals surface area contributed by atoms with Gasteiger partial charge in [0.1, 0.15) is 12.9 Å². The van der Waals surface area contributed by atoms with E-state index in [1.54, 1.807) is 10.7 Å². The molecular weight excluding hydrogens is 237 g/mol. The van der Waals surface area contributed by atoms with Gasteiger partial charge in [0, 0.05) is 6.54 Å². The van der Waals surface area contributed by atoms with Crippen molar-refractivity contribution in [1.82, 2.24) is 14.8 Å². The van der Waals surface area contributed by atoms with Gasteiger partial charge in [0.25, 0.3) is 0 Å². The largest absolute Gasteiger partial charge is 0.483 e. The Kier molecular flexibility index (Phi) is 3.88. The average molecular weight is 251 g/mol. The minimum Gasteiger partial charge on any atom is -0.483 e. The number of nitrogens with zero attached hydrogens (tertiary/aromatic N) is 3. The molecule has 18 heavy (non-hydrogen) atoms. The van der Waals surface area contributed by atoms with Crippen LogP contribution in [0.2, 0.25) is 0 Å². The lowest BCUT2D eigenvalue weighted by Crippen LogP contribution is -2.07. The van der Waals surface area contributed by atoms with Crippen LogP contribution in [0.3, 0.4) is 0 Å². The van der Waals surface area contributed by atoms with Crippen molar-refractivity contribution in [2.24, 2.45) is 0 Å². The normalized spacial score (nSPS) is 10.6. The maximum atomic E-state index is 13.6. The van der Waals surface area contributed by atoms with Gasteiger partial charge in [-0.15, -0.1) is 0 Å². The van der Waals surface area contributed by atoms with Gasteiger partial charge in [-0.25, -0.2) is 14.1 Å². The van der Waals surface area contributed by atoms with Gasteiger partial charge < -0.3 is 9.84 Å². The van der Waals surface area contributed by atoms with Gasteiger partial charge in [0.05, 0.1) is 6.61 Å². The van der Waals surface area contributed by atoms with E-state index in [4.69, 9.17) is 9.84 Å². The van der Waals surface area contributed by atoms with Crippen LogP contribution in [0.4, 0.5) is 4.39 Å². The van der Waals surface area contributed by atoms with Crippen molar-refractivity contribution in [1.29, 1.82) is 0 Å². The van der Waals surface area contributed by atoms with E-state index in [9.17, 15) is 4.39 Å². The van der Waals surface area contributed by atoms with Crippen LogP contribution in [0, 0.1) is 5.82 Å². The Labute approximate surface area is 104 Å². The molecule has 5 nitrogen and oxygen atoms in total. The molecule has 1 aromatic carbocycles. The van der Waals surface area contributed by atoms with E-state index in [1.165, 1.54) is 18.5 Å². The molecule has 0 saturated heterocycles. The molecule has 0 unspecified atom stereocenters. The summed E-state index contributed by atoms with van der Waals surface area (Å²) in [6.45, 7) is 2.59. The molecule has 0 spiro atoms. The van der Waals surface area contributed by atoms with Crippen molar-refractivity contribution in [2.75, 3.05) is 0 Å². The molecule has 0 bridgehead atoms. The minimum atomic E-state index is -0.496. The third-order valence-electron chi connectivity index (χ3n) is 2.53. The average Bonchev–Trinajstić information content (AvgIpc) is 2.84. The predicted molar refractivity (Wildman–Crippen MR) is 62.4 cm³/mol. The first kappa shape index (κ1) is 12.5. The number of hydrogen-bond donors (Lipinski definition) is 1. The van der Waals surface area contributed by atoms with Crippen molar-refractivity contribution in [3.8, 4) is 5.75 Å². The lowest BCUT2D eigenvalue weighted by atomic mass is 10.2. The van der Waals surface area contributed by atoms with Crippen molar-refractivity contribution in [3.63, 3.8) is 0 Å². The molecule has 0 aliphatic rings. The van der Waals surface area contributed by atoms with Crippen LogP contribution in [0.1, 0.15) is 18.3 Å². The van der Waals surface area contributed by atoms with Crippen molar-refractivity contribution >= 4 is 0 Å². The zero-order valence-electron chi connectivity index (χ0n) is 10.0. The number of benzene rings is 1. The Hall–Kier alpha value is -1.95. The standard InChI is InChI=1S/C12H14FN3O2/c1-2-16-12(14-8-15-16)7-18-11-4-3-9(6-17)5-10(11)13/h3-5,8,17H,2,6-7H2,1H3. The zero-order chi connectivity index (χ0) is 13.0. The van der Waals surface area contributed by atoms with Gasteiger partial charge >= 0.3 is 0 Å². The second kappa shape index (κ2) is 5.59. The number of halogens is 1. The highest BCUT2D eigenvalue weighted by Gasteiger charge is 2.07. The van der Waals surface area contributed by atoms with Crippen molar-refractivity contribution in [3.05, 3.63) is 41.7 Å². The predicted octanol–water partition coefficient (Wildman–Crippen LogP) is 1.51. The molecule has 0 atom stereocenters. The minimum absolute atomic E-state index is 0.137. The molecule has 0 radical (unpaired) electrons. The van der Waals surface area contributed by atoms with Crippen LogP contribution in [-0.4, -0.2) is 19.9 Å². The fourth-order valence-electron chi connectivity index (χ4n) is 1.57.